The Kier molecular flexibility index (Phi) is 6.91. The third-order valence-corrected chi connectivity index (χ3v) is 13.4. The number of hydrogen-bond donors (Lipinski definition) is 2. The molecular weight excluding hydrogens is 601 g/mol. The summed E-state index contributed by atoms with van der Waals surface area (Å²) in [5.74, 6) is -1.63. The second-order valence-electron chi connectivity index (χ2n) is 14.3. The maximum absolute atomic E-state index is 13.5. The van der Waals surface area contributed by atoms with E-state index in [0.717, 1.165) is 22.3 Å². The number of allylic oxidation sites excluding steroid dienone is 2. The Morgan fingerprint density at radius 3 is 1.25 bits per heavy atom. The van der Waals surface area contributed by atoms with Gasteiger partial charge in [0.25, 0.3) is 20.2 Å². The molecule has 4 fully saturated rings. The van der Waals surface area contributed by atoms with Crippen molar-refractivity contribution in [3.05, 3.63) is 70.8 Å². The van der Waals surface area contributed by atoms with Crippen molar-refractivity contribution in [2.24, 2.45) is 33.5 Å². The molecule has 0 saturated heterocycles. The number of Topliss-reactive ketones (excluding diaryl/α,β-unsaturated/α-hetero) is 2. The van der Waals surface area contributed by atoms with Gasteiger partial charge in [-0.15, -0.1) is 0 Å². The van der Waals surface area contributed by atoms with E-state index >= 15 is 0 Å². The highest BCUT2D eigenvalue weighted by Gasteiger charge is 2.68. The van der Waals surface area contributed by atoms with Crippen molar-refractivity contribution in [1.29, 1.82) is 0 Å². The Balaban J connectivity index is 1.22. The van der Waals surface area contributed by atoms with Crippen molar-refractivity contribution in [2.45, 2.75) is 53.4 Å². The van der Waals surface area contributed by atoms with E-state index in [0.29, 0.717) is 36.8 Å². The normalized spacial score (nSPS) is 32.3. The van der Waals surface area contributed by atoms with Gasteiger partial charge in [-0.25, -0.2) is 0 Å². The molecule has 4 atom stereocenters. The van der Waals surface area contributed by atoms with Gasteiger partial charge in [-0.2, -0.15) is 16.8 Å². The largest absolute Gasteiger partial charge is 0.294 e. The zero-order chi connectivity index (χ0) is 32.1. The highest BCUT2D eigenvalue weighted by atomic mass is 32.2. The molecule has 6 rings (SSSR count). The number of carbonyl (C=O) groups is 2. The molecule has 234 valence electrons. The molecule has 0 spiro atoms. The van der Waals surface area contributed by atoms with Crippen LogP contribution in [-0.4, -0.2) is 49.0 Å². The Bertz CT molecular complexity index is 1710. The fraction of sp³-hybridized carbons (Fsp3) is 0.471. The lowest BCUT2D eigenvalue weighted by Gasteiger charge is -2.34. The summed E-state index contributed by atoms with van der Waals surface area (Å²) in [6.07, 6.45) is 6.00. The Morgan fingerprint density at radius 2 is 0.955 bits per heavy atom. The topological polar surface area (TPSA) is 143 Å². The molecule has 4 bridgehead atoms. The third kappa shape index (κ3) is 4.59. The molecule has 0 aromatic heterocycles. The van der Waals surface area contributed by atoms with E-state index in [-0.39, 0.29) is 23.4 Å². The van der Waals surface area contributed by atoms with E-state index in [9.17, 15) is 35.5 Å². The summed E-state index contributed by atoms with van der Waals surface area (Å²) in [5, 5.41) is 0. The van der Waals surface area contributed by atoms with Gasteiger partial charge in [-0.1, -0.05) is 76.2 Å². The van der Waals surface area contributed by atoms with Crippen LogP contribution in [0.4, 0.5) is 0 Å². The van der Waals surface area contributed by atoms with Crippen LogP contribution in [0.1, 0.15) is 64.5 Å². The fourth-order valence-electron chi connectivity index (χ4n) is 9.09. The van der Waals surface area contributed by atoms with Gasteiger partial charge in [0, 0.05) is 11.1 Å². The van der Waals surface area contributed by atoms with Crippen molar-refractivity contribution in [3.8, 4) is 11.1 Å². The van der Waals surface area contributed by atoms with E-state index in [4.69, 9.17) is 0 Å². The van der Waals surface area contributed by atoms with Crippen molar-refractivity contribution in [1.82, 2.24) is 0 Å². The maximum Gasteiger partial charge on any atom is 0.265 e. The molecule has 0 aliphatic heterocycles. The summed E-state index contributed by atoms with van der Waals surface area (Å²) in [6.45, 7) is 7.68. The SMILES string of the molecule is CC1(C)C2CC[C@@]1(CS(=O)(=O)O)C(=O)/C2=C/c1ccc(-c2ccc(/C=C3/C(=O)[C@]4(CS(=O)(=O)O)CCC3C4(C)C)cc2)cc1. The average molecular weight is 639 g/mol. The second kappa shape index (κ2) is 9.79. The third-order valence-electron chi connectivity index (χ3n) is 11.7. The first-order valence-corrected chi connectivity index (χ1v) is 18.2. The van der Waals surface area contributed by atoms with E-state index < -0.39 is 53.4 Å². The van der Waals surface area contributed by atoms with Gasteiger partial charge in [0.2, 0.25) is 0 Å². The highest BCUT2D eigenvalue weighted by Crippen LogP contribution is 2.67. The van der Waals surface area contributed by atoms with Crippen molar-refractivity contribution in [3.63, 3.8) is 0 Å². The number of hydrogen-bond acceptors (Lipinski definition) is 6. The van der Waals surface area contributed by atoms with Gasteiger partial charge in [0.15, 0.2) is 11.6 Å². The smallest absolute Gasteiger partial charge is 0.265 e. The lowest BCUT2D eigenvalue weighted by Crippen LogP contribution is -2.42. The lowest BCUT2D eigenvalue weighted by atomic mass is 9.70. The monoisotopic (exact) mass is 638 g/mol. The zero-order valence-corrected chi connectivity index (χ0v) is 27.0. The lowest BCUT2D eigenvalue weighted by molar-refractivity contribution is -0.125. The van der Waals surface area contributed by atoms with E-state index in [1.807, 2.05) is 88.4 Å². The highest BCUT2D eigenvalue weighted by molar-refractivity contribution is 7.86. The molecule has 0 heterocycles. The molecule has 4 aliphatic rings. The number of rotatable bonds is 7. The minimum atomic E-state index is -4.32. The van der Waals surface area contributed by atoms with Crippen LogP contribution >= 0.6 is 0 Å². The molecule has 2 aromatic carbocycles. The number of fused-ring (bicyclic) bond motifs is 4. The molecular formula is C34H38O8S2. The summed E-state index contributed by atoms with van der Waals surface area (Å²) < 4.78 is 66.5. The van der Waals surface area contributed by atoms with Gasteiger partial charge in [0.1, 0.15) is 0 Å². The predicted molar refractivity (Wildman–Crippen MR) is 169 cm³/mol. The summed E-state index contributed by atoms with van der Waals surface area (Å²) in [6, 6.07) is 15.5. The molecule has 8 nitrogen and oxygen atoms in total. The van der Waals surface area contributed by atoms with Crippen LogP contribution in [-0.2, 0) is 29.8 Å². The molecule has 4 saturated carbocycles. The molecule has 0 amide bonds. The summed E-state index contributed by atoms with van der Waals surface area (Å²) >= 11 is 0. The van der Waals surface area contributed by atoms with Crippen LogP contribution in [0.5, 0.6) is 0 Å². The fourth-order valence-corrected chi connectivity index (χ4v) is 11.6. The molecule has 4 aliphatic carbocycles. The zero-order valence-electron chi connectivity index (χ0n) is 25.3. The maximum atomic E-state index is 13.5. The quantitative estimate of drug-likeness (QED) is 0.282. The van der Waals surface area contributed by atoms with Gasteiger partial charge >= 0.3 is 0 Å². The van der Waals surface area contributed by atoms with Crippen LogP contribution in [0.2, 0.25) is 0 Å². The van der Waals surface area contributed by atoms with Crippen molar-refractivity contribution >= 4 is 44.0 Å². The van der Waals surface area contributed by atoms with Crippen LogP contribution in [0, 0.1) is 33.5 Å². The van der Waals surface area contributed by atoms with Crippen molar-refractivity contribution < 1.29 is 35.5 Å². The predicted octanol–water partition coefficient (Wildman–Crippen LogP) is 5.91. The Morgan fingerprint density at radius 1 is 0.636 bits per heavy atom. The summed E-state index contributed by atoms with van der Waals surface area (Å²) in [7, 11) is -8.63. The number of ketones is 2. The van der Waals surface area contributed by atoms with Gasteiger partial charge in [-0.05, 0) is 82.8 Å². The van der Waals surface area contributed by atoms with Crippen LogP contribution in [0.25, 0.3) is 23.3 Å². The molecule has 2 N–H and O–H groups in total. The minimum Gasteiger partial charge on any atom is -0.294 e. The van der Waals surface area contributed by atoms with Crippen LogP contribution < -0.4 is 0 Å². The molecule has 44 heavy (non-hydrogen) atoms. The number of benzene rings is 2. The first-order valence-electron chi connectivity index (χ1n) is 15.0. The van der Waals surface area contributed by atoms with Gasteiger partial charge in [-0.3, -0.25) is 18.7 Å². The Hall–Kier alpha value is -2.92. The summed E-state index contributed by atoms with van der Waals surface area (Å²) in [5.41, 5.74) is 1.46. The van der Waals surface area contributed by atoms with Crippen LogP contribution in [0.15, 0.2) is 59.7 Å². The van der Waals surface area contributed by atoms with E-state index in [1.54, 1.807) is 0 Å². The van der Waals surface area contributed by atoms with Gasteiger partial charge in [0.05, 0.1) is 22.3 Å². The van der Waals surface area contributed by atoms with E-state index in [1.165, 1.54) is 0 Å². The first kappa shape index (κ1) is 31.1. The second-order valence-corrected chi connectivity index (χ2v) is 17.2. The minimum absolute atomic E-state index is 0.0754. The molecule has 2 aromatic rings. The molecule has 2 unspecified atom stereocenters. The Labute approximate surface area is 259 Å². The van der Waals surface area contributed by atoms with E-state index in [2.05, 4.69) is 0 Å². The van der Waals surface area contributed by atoms with Crippen molar-refractivity contribution in [2.75, 3.05) is 11.5 Å². The standard InChI is InChI=1S/C34H38O8S2/c1-31(2)27-13-15-33(31,19-43(37,38)39)29(35)25(27)17-21-5-9-23(10-6-21)24-11-7-22(8-12-24)18-26-28-14-16-34(30(26)36,32(28,3)4)20-44(40,41)42/h5-12,17-18,27-28H,13-16,19-20H2,1-4H3,(H,37,38,39)(H,40,41,42)/b25-17+,26-18+/t27?,28?,33-,34-/m1/s1. The molecule has 10 heteroatoms. The first-order chi connectivity index (χ1) is 20.3. The molecule has 0 radical (unpaired) electrons. The van der Waals surface area contributed by atoms with Gasteiger partial charge < -0.3 is 0 Å². The average Bonchev–Trinajstić information content (AvgIpc) is 3.42. The summed E-state index contributed by atoms with van der Waals surface area (Å²) in [4.78, 5) is 27.0. The number of carbonyl (C=O) groups excluding carboxylic acids is 2. The van der Waals surface area contributed by atoms with Crippen LogP contribution in [0.3, 0.4) is 0 Å².